The summed E-state index contributed by atoms with van der Waals surface area (Å²) < 4.78 is 16.1. The van der Waals surface area contributed by atoms with Gasteiger partial charge < -0.3 is 14.2 Å². The fourth-order valence-corrected chi connectivity index (χ4v) is 2.44. The molecule has 0 fully saturated rings. The van der Waals surface area contributed by atoms with Crippen LogP contribution < -0.4 is 14.2 Å². The van der Waals surface area contributed by atoms with Crippen molar-refractivity contribution in [3.8, 4) is 17.2 Å². The molecule has 22 heavy (non-hydrogen) atoms. The molecule has 1 aromatic heterocycles. The molecule has 0 saturated heterocycles. The van der Waals surface area contributed by atoms with E-state index in [0.29, 0.717) is 28.8 Å². The second-order valence-corrected chi connectivity index (χ2v) is 5.31. The van der Waals surface area contributed by atoms with Gasteiger partial charge in [0.15, 0.2) is 11.5 Å². The number of methoxy groups -OCH3 is 3. The molecule has 0 amide bonds. The number of aromatic nitrogens is 3. The third kappa shape index (κ3) is 3.41. The summed E-state index contributed by atoms with van der Waals surface area (Å²) in [5, 5.41) is 9.01. The van der Waals surface area contributed by atoms with E-state index in [1.54, 1.807) is 21.3 Å². The van der Waals surface area contributed by atoms with Crippen LogP contribution in [0.15, 0.2) is 17.3 Å². The lowest BCUT2D eigenvalue weighted by atomic mass is 10.1. The van der Waals surface area contributed by atoms with Crippen molar-refractivity contribution in [1.29, 1.82) is 0 Å². The van der Waals surface area contributed by atoms with E-state index in [0.717, 1.165) is 17.0 Å². The predicted octanol–water partition coefficient (Wildman–Crippen LogP) is 2.52. The minimum Gasteiger partial charge on any atom is -0.493 e. The maximum Gasteiger partial charge on any atom is 0.209 e. The Bertz CT molecular complexity index is 639. The third-order valence-electron chi connectivity index (χ3n) is 3.22. The van der Waals surface area contributed by atoms with Crippen LogP contribution in [0, 0.1) is 6.92 Å². The maximum atomic E-state index is 5.36. The SMILES string of the molecule is COc1cc(Cc2nnc(SC)nc2C)cc(OC)c1OC. The van der Waals surface area contributed by atoms with E-state index in [2.05, 4.69) is 15.2 Å². The molecular weight excluding hydrogens is 302 g/mol. The van der Waals surface area contributed by atoms with Gasteiger partial charge in [-0.25, -0.2) is 4.98 Å². The summed E-state index contributed by atoms with van der Waals surface area (Å²) >= 11 is 1.47. The van der Waals surface area contributed by atoms with E-state index in [9.17, 15) is 0 Å². The Hall–Kier alpha value is -2.02. The molecule has 118 valence electrons. The van der Waals surface area contributed by atoms with Gasteiger partial charge in [-0.1, -0.05) is 11.8 Å². The zero-order valence-electron chi connectivity index (χ0n) is 13.3. The normalized spacial score (nSPS) is 10.4. The number of benzene rings is 1. The molecular formula is C15H19N3O3S. The maximum absolute atomic E-state index is 5.36. The van der Waals surface area contributed by atoms with Crippen molar-refractivity contribution in [3.05, 3.63) is 29.1 Å². The summed E-state index contributed by atoms with van der Waals surface area (Å²) in [6.07, 6.45) is 2.52. The second kappa shape index (κ2) is 7.31. The first-order valence-electron chi connectivity index (χ1n) is 6.66. The molecule has 0 bridgehead atoms. The highest BCUT2D eigenvalue weighted by Crippen LogP contribution is 2.38. The predicted molar refractivity (Wildman–Crippen MR) is 85.2 cm³/mol. The average molecular weight is 321 g/mol. The Kier molecular flexibility index (Phi) is 5.43. The number of thioether (sulfide) groups is 1. The zero-order chi connectivity index (χ0) is 16.1. The summed E-state index contributed by atoms with van der Waals surface area (Å²) in [7, 11) is 4.78. The molecule has 1 heterocycles. The van der Waals surface area contributed by atoms with Crippen LogP contribution in [0.1, 0.15) is 17.0 Å². The summed E-state index contributed by atoms with van der Waals surface area (Å²) in [6, 6.07) is 3.82. The van der Waals surface area contributed by atoms with Gasteiger partial charge in [-0.3, -0.25) is 0 Å². The van der Waals surface area contributed by atoms with E-state index in [4.69, 9.17) is 14.2 Å². The van der Waals surface area contributed by atoms with Crippen LogP contribution in [-0.2, 0) is 6.42 Å². The molecule has 0 atom stereocenters. The van der Waals surface area contributed by atoms with Crippen LogP contribution in [0.5, 0.6) is 17.2 Å². The Morgan fingerprint density at radius 1 is 1.00 bits per heavy atom. The minimum atomic E-state index is 0.576. The van der Waals surface area contributed by atoms with Gasteiger partial charge in [-0.2, -0.15) is 5.10 Å². The molecule has 0 radical (unpaired) electrons. The number of hydrogen-bond acceptors (Lipinski definition) is 7. The smallest absolute Gasteiger partial charge is 0.209 e. The topological polar surface area (TPSA) is 66.4 Å². The summed E-state index contributed by atoms with van der Waals surface area (Å²) in [6.45, 7) is 1.93. The highest BCUT2D eigenvalue weighted by molar-refractivity contribution is 7.98. The molecule has 2 rings (SSSR count). The lowest BCUT2D eigenvalue weighted by Crippen LogP contribution is -2.04. The first-order valence-corrected chi connectivity index (χ1v) is 7.88. The Balaban J connectivity index is 2.37. The van der Waals surface area contributed by atoms with Crippen molar-refractivity contribution >= 4 is 11.8 Å². The number of ether oxygens (including phenoxy) is 3. The van der Waals surface area contributed by atoms with Crippen LogP contribution >= 0.6 is 11.8 Å². The van der Waals surface area contributed by atoms with Gasteiger partial charge in [0, 0.05) is 6.42 Å². The number of aryl methyl sites for hydroxylation is 1. The molecule has 0 unspecified atom stereocenters. The van der Waals surface area contributed by atoms with Gasteiger partial charge >= 0.3 is 0 Å². The monoisotopic (exact) mass is 321 g/mol. The molecule has 0 aliphatic heterocycles. The van der Waals surface area contributed by atoms with E-state index in [-0.39, 0.29) is 0 Å². The van der Waals surface area contributed by atoms with E-state index < -0.39 is 0 Å². The molecule has 7 heteroatoms. The Morgan fingerprint density at radius 2 is 1.64 bits per heavy atom. The summed E-state index contributed by atoms with van der Waals surface area (Å²) in [5.41, 5.74) is 2.69. The van der Waals surface area contributed by atoms with Gasteiger partial charge in [0.25, 0.3) is 0 Å². The van der Waals surface area contributed by atoms with E-state index >= 15 is 0 Å². The quantitative estimate of drug-likeness (QED) is 0.757. The number of nitrogens with zero attached hydrogens (tertiary/aromatic N) is 3. The average Bonchev–Trinajstić information content (AvgIpc) is 2.55. The largest absolute Gasteiger partial charge is 0.493 e. The van der Waals surface area contributed by atoms with Crippen molar-refractivity contribution in [2.24, 2.45) is 0 Å². The van der Waals surface area contributed by atoms with Crippen LogP contribution in [0.25, 0.3) is 0 Å². The molecule has 0 saturated carbocycles. The second-order valence-electron chi connectivity index (χ2n) is 4.54. The van der Waals surface area contributed by atoms with Crippen LogP contribution in [0.4, 0.5) is 0 Å². The van der Waals surface area contributed by atoms with Crippen LogP contribution in [0.3, 0.4) is 0 Å². The zero-order valence-corrected chi connectivity index (χ0v) is 14.2. The number of rotatable bonds is 6. The molecule has 6 nitrogen and oxygen atoms in total. The van der Waals surface area contributed by atoms with Gasteiger partial charge in [-0.15, -0.1) is 5.10 Å². The van der Waals surface area contributed by atoms with Crippen molar-refractivity contribution in [1.82, 2.24) is 15.2 Å². The minimum absolute atomic E-state index is 0.576. The van der Waals surface area contributed by atoms with Crippen LogP contribution in [-0.4, -0.2) is 42.8 Å². The Labute approximate surface area is 134 Å². The summed E-state index contributed by atoms with van der Waals surface area (Å²) in [4.78, 5) is 4.41. The molecule has 0 aliphatic rings. The fourth-order valence-electron chi connectivity index (χ4n) is 2.09. The van der Waals surface area contributed by atoms with Crippen molar-refractivity contribution in [2.45, 2.75) is 18.5 Å². The molecule has 0 aliphatic carbocycles. The highest BCUT2D eigenvalue weighted by atomic mass is 32.2. The molecule has 0 N–H and O–H groups in total. The first-order chi connectivity index (χ1) is 10.6. The van der Waals surface area contributed by atoms with Crippen molar-refractivity contribution < 1.29 is 14.2 Å². The van der Waals surface area contributed by atoms with Crippen molar-refractivity contribution in [2.75, 3.05) is 27.6 Å². The van der Waals surface area contributed by atoms with Gasteiger partial charge in [0.1, 0.15) is 0 Å². The lowest BCUT2D eigenvalue weighted by Gasteiger charge is -2.14. The Morgan fingerprint density at radius 3 is 2.09 bits per heavy atom. The third-order valence-corrected chi connectivity index (χ3v) is 3.75. The number of hydrogen-bond donors (Lipinski definition) is 0. The van der Waals surface area contributed by atoms with Gasteiger partial charge in [0.2, 0.25) is 10.9 Å². The first kappa shape index (κ1) is 16.4. The van der Waals surface area contributed by atoms with Crippen LogP contribution in [0.2, 0.25) is 0 Å². The molecule has 0 spiro atoms. The van der Waals surface area contributed by atoms with E-state index in [1.807, 2.05) is 25.3 Å². The van der Waals surface area contributed by atoms with Gasteiger partial charge in [-0.05, 0) is 30.9 Å². The summed E-state index contributed by atoms with van der Waals surface area (Å²) in [5.74, 6) is 1.82. The van der Waals surface area contributed by atoms with Crippen molar-refractivity contribution in [3.63, 3.8) is 0 Å². The fraction of sp³-hybridized carbons (Fsp3) is 0.400. The standard InChI is InChI=1S/C15H19N3O3S/c1-9-11(17-18-15(16-9)22-5)6-10-7-12(19-2)14(21-4)13(8-10)20-3/h7-8H,6H2,1-5H3. The van der Waals surface area contributed by atoms with Gasteiger partial charge in [0.05, 0.1) is 32.7 Å². The highest BCUT2D eigenvalue weighted by Gasteiger charge is 2.15. The van der Waals surface area contributed by atoms with E-state index in [1.165, 1.54) is 11.8 Å². The molecule has 1 aromatic carbocycles. The molecule has 2 aromatic rings. The lowest BCUT2D eigenvalue weighted by molar-refractivity contribution is 0.324.